The van der Waals surface area contributed by atoms with Gasteiger partial charge in [0, 0.05) is 0 Å². The minimum atomic E-state index is 1.82. The zero-order valence-electron chi connectivity index (χ0n) is 3.36. The van der Waals surface area contributed by atoms with Crippen molar-refractivity contribution in [1.29, 1.82) is 0 Å². The Morgan fingerprint density at radius 2 is 1.80 bits per heavy atom. The van der Waals surface area contributed by atoms with Gasteiger partial charge in [0.15, 0.2) is 0 Å². The Balaban J connectivity index is 2.83. The summed E-state index contributed by atoms with van der Waals surface area (Å²) in [7, 11) is 3.83. The predicted molar refractivity (Wildman–Crippen MR) is 24.4 cm³/mol. The first-order valence-electron chi connectivity index (χ1n) is 1.32. The molecule has 1 radical (unpaired) electrons. The third-order valence-corrected chi connectivity index (χ3v) is 0.949. The third kappa shape index (κ3) is 4.19. The fraction of sp³-hybridized carbons (Fsp3) is 0.667. The van der Waals surface area contributed by atoms with Crippen molar-refractivity contribution in [3.63, 3.8) is 0 Å². The average molecular weight is 135 g/mol. The van der Waals surface area contributed by atoms with E-state index in [0.29, 0.717) is 0 Å². The molecule has 0 fully saturated rings. The summed E-state index contributed by atoms with van der Waals surface area (Å²) in [4.78, 5) is 1.82. The molecule has 0 bridgehead atoms. The summed E-state index contributed by atoms with van der Waals surface area (Å²) in [5.41, 5.74) is 0. The molecular weight excluding hydrogens is 129 g/mol. The van der Waals surface area contributed by atoms with E-state index in [2.05, 4.69) is 20.6 Å². The van der Waals surface area contributed by atoms with Crippen LogP contribution < -0.4 is 0 Å². The molecule has 1 nitrogen and oxygen atoms in total. The molecule has 29 valence electrons. The molecule has 0 rings (SSSR count). The maximum atomic E-state index is 2.74. The van der Waals surface area contributed by atoms with Gasteiger partial charge in [0.25, 0.3) is 0 Å². The molecular formula is C3H6NSe. The van der Waals surface area contributed by atoms with Crippen LogP contribution in [-0.2, 0) is 0 Å². The van der Waals surface area contributed by atoms with Gasteiger partial charge >= 0.3 is 39.6 Å². The number of rotatable bonds is 1. The molecule has 2 heteroatoms. The molecule has 0 unspecified atom stereocenters. The summed E-state index contributed by atoms with van der Waals surface area (Å²) in [6, 6.07) is 0. The molecule has 0 amide bonds. The van der Waals surface area contributed by atoms with Crippen LogP contribution in [0, 0.1) is 0 Å². The van der Waals surface area contributed by atoms with Crippen LogP contribution in [0.15, 0.2) is 0 Å². The Kier molecular flexibility index (Phi) is 2.52. The van der Waals surface area contributed by atoms with Crippen LogP contribution in [0.4, 0.5) is 0 Å². The van der Waals surface area contributed by atoms with Gasteiger partial charge in [-0.15, -0.1) is 0 Å². The summed E-state index contributed by atoms with van der Waals surface area (Å²) >= 11 is 2.62. The van der Waals surface area contributed by atoms with E-state index in [4.69, 9.17) is 0 Å². The van der Waals surface area contributed by atoms with Crippen LogP contribution >= 0.6 is 0 Å². The minimum absolute atomic E-state index is 1.82. The molecule has 0 N–H and O–H groups in total. The van der Waals surface area contributed by atoms with Gasteiger partial charge < -0.3 is 0 Å². The normalized spacial score (nSPS) is 6.80. The van der Waals surface area contributed by atoms with Gasteiger partial charge in [-0.3, -0.25) is 0 Å². The second-order valence-corrected chi connectivity index (χ2v) is 1.37. The van der Waals surface area contributed by atoms with Gasteiger partial charge in [-0.1, -0.05) is 0 Å². The molecule has 0 aliphatic rings. The standard InChI is InChI=1S/C3H6NSe/c1-4(2)3-5/h1-2H3. The topological polar surface area (TPSA) is 3.24 Å². The zero-order chi connectivity index (χ0) is 4.28. The molecule has 0 aromatic carbocycles. The zero-order valence-corrected chi connectivity index (χ0v) is 5.07. The van der Waals surface area contributed by atoms with E-state index in [0.717, 1.165) is 0 Å². The molecule has 0 atom stereocenters. The molecule has 0 heterocycles. The van der Waals surface area contributed by atoms with E-state index in [1.165, 1.54) is 0 Å². The van der Waals surface area contributed by atoms with Crippen molar-refractivity contribution in [3.05, 3.63) is 0 Å². The van der Waals surface area contributed by atoms with Crippen molar-refractivity contribution < 1.29 is 0 Å². The summed E-state index contributed by atoms with van der Waals surface area (Å²) in [6.45, 7) is 0. The number of hydrogen-bond donors (Lipinski definition) is 0. The Morgan fingerprint density at radius 3 is 1.80 bits per heavy atom. The van der Waals surface area contributed by atoms with E-state index < -0.39 is 0 Å². The fourth-order valence-corrected chi connectivity index (χ4v) is 0. The quantitative estimate of drug-likeness (QED) is 0.341. The van der Waals surface area contributed by atoms with Crippen molar-refractivity contribution in [1.82, 2.24) is 4.90 Å². The van der Waals surface area contributed by atoms with Gasteiger partial charge in [0.2, 0.25) is 0 Å². The Bertz CT molecular complexity index is 33.9. The second kappa shape index (κ2) is 2.43. The van der Waals surface area contributed by atoms with Crippen LogP contribution in [-0.4, -0.2) is 39.6 Å². The SMILES string of the molecule is CN(C)[C]=[Se]. The molecule has 0 saturated heterocycles. The molecule has 5 heavy (non-hydrogen) atoms. The molecule has 0 aromatic heterocycles. The van der Waals surface area contributed by atoms with Crippen LogP contribution in [0.1, 0.15) is 0 Å². The van der Waals surface area contributed by atoms with Crippen molar-refractivity contribution in [2.24, 2.45) is 0 Å². The van der Waals surface area contributed by atoms with Crippen LogP contribution in [0.5, 0.6) is 0 Å². The number of hydrogen-bond acceptors (Lipinski definition) is 1. The van der Waals surface area contributed by atoms with E-state index in [-0.39, 0.29) is 0 Å². The van der Waals surface area contributed by atoms with Crippen LogP contribution in [0.3, 0.4) is 0 Å². The third-order valence-electron chi connectivity index (χ3n) is 0.183. The van der Waals surface area contributed by atoms with E-state index in [1.54, 1.807) is 0 Å². The molecule has 0 aliphatic carbocycles. The summed E-state index contributed by atoms with van der Waals surface area (Å²) in [5.74, 6) is 0. The van der Waals surface area contributed by atoms with Gasteiger partial charge in [0.1, 0.15) is 0 Å². The second-order valence-electron chi connectivity index (χ2n) is 0.986. The van der Waals surface area contributed by atoms with Gasteiger partial charge in [0.05, 0.1) is 0 Å². The van der Waals surface area contributed by atoms with Crippen molar-refractivity contribution in [2.75, 3.05) is 14.1 Å². The summed E-state index contributed by atoms with van der Waals surface area (Å²) in [5, 5.41) is 2.74. The Labute approximate surface area is 40.3 Å². The van der Waals surface area contributed by atoms with E-state index in [9.17, 15) is 0 Å². The van der Waals surface area contributed by atoms with Crippen LogP contribution in [0.25, 0.3) is 0 Å². The Hall–Kier alpha value is 0.189. The number of nitrogens with zero attached hydrogens (tertiary/aromatic N) is 1. The van der Waals surface area contributed by atoms with Gasteiger partial charge in [-0.2, -0.15) is 0 Å². The Morgan fingerprint density at radius 1 is 1.60 bits per heavy atom. The average Bonchev–Trinajstić information content (AvgIpc) is 1.38. The predicted octanol–water partition coefficient (Wildman–Crippen LogP) is -0.647. The molecule has 0 aliphatic heterocycles. The monoisotopic (exact) mass is 136 g/mol. The van der Waals surface area contributed by atoms with E-state index in [1.807, 2.05) is 19.0 Å². The van der Waals surface area contributed by atoms with Gasteiger partial charge in [-0.25, -0.2) is 0 Å². The van der Waals surface area contributed by atoms with E-state index >= 15 is 0 Å². The summed E-state index contributed by atoms with van der Waals surface area (Å²) in [6.07, 6.45) is 0. The molecule has 0 saturated carbocycles. The van der Waals surface area contributed by atoms with Crippen molar-refractivity contribution >= 4 is 20.6 Å². The first kappa shape index (κ1) is 5.19. The van der Waals surface area contributed by atoms with Gasteiger partial charge in [-0.05, 0) is 0 Å². The molecule has 0 spiro atoms. The first-order chi connectivity index (χ1) is 2.27. The summed E-state index contributed by atoms with van der Waals surface area (Å²) < 4.78 is 0. The maximum absolute atomic E-state index is 2.74. The first-order valence-corrected chi connectivity index (χ1v) is 2.18. The van der Waals surface area contributed by atoms with Crippen molar-refractivity contribution in [3.8, 4) is 0 Å². The molecule has 0 aromatic rings. The fourth-order valence-electron chi connectivity index (χ4n) is 0. The van der Waals surface area contributed by atoms with Crippen LogP contribution in [0.2, 0.25) is 0 Å². The van der Waals surface area contributed by atoms with Crippen molar-refractivity contribution in [2.45, 2.75) is 0 Å².